The van der Waals surface area contributed by atoms with Crippen molar-refractivity contribution in [1.29, 1.82) is 0 Å². The van der Waals surface area contributed by atoms with E-state index in [1.54, 1.807) is 13.0 Å². The molecule has 0 saturated carbocycles. The molecule has 1 aliphatic rings. The third-order valence-corrected chi connectivity index (χ3v) is 5.70. The quantitative estimate of drug-likeness (QED) is 0.903. The Morgan fingerprint density at radius 1 is 1.45 bits per heavy atom. The van der Waals surface area contributed by atoms with Crippen LogP contribution in [0.4, 0.5) is 4.39 Å². The molecule has 124 valence electrons. The summed E-state index contributed by atoms with van der Waals surface area (Å²) in [7, 11) is -3.81. The smallest absolute Gasteiger partial charge is 0.243 e. The van der Waals surface area contributed by atoms with Gasteiger partial charge in [0.15, 0.2) is 0 Å². The Hall–Kier alpha value is -0.980. The first kappa shape index (κ1) is 17.4. The number of halogens is 1. The highest BCUT2D eigenvalue weighted by atomic mass is 32.2. The van der Waals surface area contributed by atoms with Crippen molar-refractivity contribution >= 4 is 10.0 Å². The van der Waals surface area contributed by atoms with Gasteiger partial charge in [0.05, 0.1) is 0 Å². The SMILES string of the molecule is Cc1ccc(F)c(S(=O)(=O)NCC(C)N2CCCC(C)C2)c1. The monoisotopic (exact) mass is 328 g/mol. The maximum atomic E-state index is 13.8. The van der Waals surface area contributed by atoms with Crippen LogP contribution in [0.5, 0.6) is 0 Å². The summed E-state index contributed by atoms with van der Waals surface area (Å²) in [6.45, 7) is 8.24. The molecule has 1 N–H and O–H groups in total. The number of rotatable bonds is 5. The van der Waals surface area contributed by atoms with Crippen LogP contribution in [0.25, 0.3) is 0 Å². The molecule has 1 aromatic rings. The minimum absolute atomic E-state index is 0.102. The number of hydrogen-bond acceptors (Lipinski definition) is 3. The summed E-state index contributed by atoms with van der Waals surface area (Å²) < 4.78 is 40.9. The molecule has 22 heavy (non-hydrogen) atoms. The number of nitrogens with zero attached hydrogens (tertiary/aromatic N) is 1. The van der Waals surface area contributed by atoms with E-state index < -0.39 is 15.8 Å². The second-order valence-electron chi connectivity index (χ2n) is 6.38. The van der Waals surface area contributed by atoms with Crippen LogP contribution >= 0.6 is 0 Å². The molecular formula is C16H25FN2O2S. The number of hydrogen-bond donors (Lipinski definition) is 1. The first-order chi connectivity index (χ1) is 10.3. The lowest BCUT2D eigenvalue weighted by molar-refractivity contribution is 0.140. The highest BCUT2D eigenvalue weighted by Crippen LogP contribution is 2.19. The largest absolute Gasteiger partial charge is 0.299 e. The predicted octanol–water partition coefficient (Wildman–Crippen LogP) is 2.53. The maximum absolute atomic E-state index is 13.8. The maximum Gasteiger partial charge on any atom is 0.243 e. The third kappa shape index (κ3) is 4.27. The van der Waals surface area contributed by atoms with Crippen molar-refractivity contribution in [1.82, 2.24) is 9.62 Å². The topological polar surface area (TPSA) is 49.4 Å². The Morgan fingerprint density at radius 2 is 2.18 bits per heavy atom. The minimum atomic E-state index is -3.81. The summed E-state index contributed by atoms with van der Waals surface area (Å²) >= 11 is 0. The van der Waals surface area contributed by atoms with Crippen molar-refractivity contribution in [2.24, 2.45) is 5.92 Å². The van der Waals surface area contributed by atoms with Crippen molar-refractivity contribution in [3.63, 3.8) is 0 Å². The summed E-state index contributed by atoms with van der Waals surface area (Å²) in [5, 5.41) is 0. The molecule has 1 aliphatic heterocycles. The number of sulfonamides is 1. The molecule has 6 heteroatoms. The summed E-state index contributed by atoms with van der Waals surface area (Å²) in [6, 6.07) is 4.22. The molecule has 1 aromatic carbocycles. The average Bonchev–Trinajstić information content (AvgIpc) is 2.47. The number of piperidine rings is 1. The molecule has 1 fully saturated rings. The van der Waals surface area contributed by atoms with Gasteiger partial charge in [-0.3, -0.25) is 4.90 Å². The zero-order chi connectivity index (χ0) is 16.3. The lowest BCUT2D eigenvalue weighted by atomic mass is 9.99. The van der Waals surface area contributed by atoms with E-state index in [0.717, 1.165) is 25.1 Å². The first-order valence-corrected chi connectivity index (χ1v) is 9.28. The van der Waals surface area contributed by atoms with Gasteiger partial charge < -0.3 is 0 Å². The van der Waals surface area contributed by atoms with E-state index >= 15 is 0 Å². The zero-order valence-corrected chi connectivity index (χ0v) is 14.3. The van der Waals surface area contributed by atoms with Crippen LogP contribution in [0.15, 0.2) is 23.1 Å². The summed E-state index contributed by atoms with van der Waals surface area (Å²) in [5.74, 6) is -0.0700. The van der Waals surface area contributed by atoms with E-state index in [9.17, 15) is 12.8 Å². The van der Waals surface area contributed by atoms with Crippen molar-refractivity contribution in [3.05, 3.63) is 29.6 Å². The number of benzene rings is 1. The Kier molecular flexibility index (Phi) is 5.58. The van der Waals surface area contributed by atoms with Gasteiger partial charge in [0.2, 0.25) is 10.0 Å². The molecule has 0 bridgehead atoms. The second-order valence-corrected chi connectivity index (χ2v) is 8.11. The number of aryl methyl sites for hydroxylation is 1. The average molecular weight is 328 g/mol. The Labute approximate surface area is 132 Å². The van der Waals surface area contributed by atoms with Crippen LogP contribution in [0.3, 0.4) is 0 Å². The van der Waals surface area contributed by atoms with Crippen LogP contribution in [0, 0.1) is 18.7 Å². The predicted molar refractivity (Wildman–Crippen MR) is 85.8 cm³/mol. The number of nitrogens with one attached hydrogen (secondary N) is 1. The van der Waals surface area contributed by atoms with E-state index in [1.165, 1.54) is 18.6 Å². The molecule has 2 rings (SSSR count). The third-order valence-electron chi connectivity index (χ3n) is 4.26. The second kappa shape index (κ2) is 7.06. The lowest BCUT2D eigenvalue weighted by Gasteiger charge is -2.35. The highest BCUT2D eigenvalue weighted by molar-refractivity contribution is 7.89. The highest BCUT2D eigenvalue weighted by Gasteiger charge is 2.24. The van der Waals surface area contributed by atoms with Gasteiger partial charge in [-0.25, -0.2) is 17.5 Å². The van der Waals surface area contributed by atoms with Crippen molar-refractivity contribution in [2.75, 3.05) is 19.6 Å². The first-order valence-electron chi connectivity index (χ1n) is 7.79. The van der Waals surface area contributed by atoms with Gasteiger partial charge in [0.25, 0.3) is 0 Å². The van der Waals surface area contributed by atoms with Gasteiger partial charge in [-0.05, 0) is 56.8 Å². The van der Waals surface area contributed by atoms with Crippen LogP contribution in [0.1, 0.15) is 32.3 Å². The van der Waals surface area contributed by atoms with Crippen molar-refractivity contribution in [2.45, 2.75) is 44.6 Å². The molecule has 2 unspecified atom stereocenters. The van der Waals surface area contributed by atoms with Gasteiger partial charge in [-0.1, -0.05) is 13.0 Å². The molecular weight excluding hydrogens is 303 g/mol. The fourth-order valence-electron chi connectivity index (χ4n) is 2.88. The molecule has 2 atom stereocenters. The van der Waals surface area contributed by atoms with E-state index in [4.69, 9.17) is 0 Å². The van der Waals surface area contributed by atoms with Crippen LogP contribution < -0.4 is 4.72 Å². The molecule has 1 saturated heterocycles. The van der Waals surface area contributed by atoms with Crippen LogP contribution in [0.2, 0.25) is 0 Å². The summed E-state index contributed by atoms with van der Waals surface area (Å²) in [4.78, 5) is 2.02. The van der Waals surface area contributed by atoms with E-state index in [1.807, 2.05) is 6.92 Å². The molecule has 0 aromatic heterocycles. The molecule has 0 aliphatic carbocycles. The van der Waals surface area contributed by atoms with Crippen LogP contribution in [-0.4, -0.2) is 39.0 Å². The molecule has 1 heterocycles. The molecule has 0 amide bonds. The summed E-state index contributed by atoms with van der Waals surface area (Å²) in [6.07, 6.45) is 2.37. The summed E-state index contributed by atoms with van der Waals surface area (Å²) in [5.41, 5.74) is 0.722. The fourth-order valence-corrected chi connectivity index (χ4v) is 4.16. The van der Waals surface area contributed by atoms with Gasteiger partial charge in [0.1, 0.15) is 10.7 Å². The van der Waals surface area contributed by atoms with E-state index in [0.29, 0.717) is 12.5 Å². The fraction of sp³-hybridized carbons (Fsp3) is 0.625. The molecule has 0 spiro atoms. The van der Waals surface area contributed by atoms with Crippen molar-refractivity contribution < 1.29 is 12.8 Å². The Balaban J connectivity index is 2.01. The lowest BCUT2D eigenvalue weighted by Crippen LogP contribution is -2.46. The van der Waals surface area contributed by atoms with Crippen molar-refractivity contribution in [3.8, 4) is 0 Å². The van der Waals surface area contributed by atoms with Gasteiger partial charge in [-0.15, -0.1) is 0 Å². The Morgan fingerprint density at radius 3 is 2.86 bits per heavy atom. The van der Waals surface area contributed by atoms with E-state index in [2.05, 4.69) is 16.5 Å². The zero-order valence-electron chi connectivity index (χ0n) is 13.5. The van der Waals surface area contributed by atoms with E-state index in [-0.39, 0.29) is 10.9 Å². The van der Waals surface area contributed by atoms with Gasteiger partial charge >= 0.3 is 0 Å². The van der Waals surface area contributed by atoms with Gasteiger partial charge in [-0.2, -0.15) is 0 Å². The van der Waals surface area contributed by atoms with Gasteiger partial charge in [0, 0.05) is 19.1 Å². The number of likely N-dealkylation sites (tertiary alicyclic amines) is 1. The molecule has 4 nitrogen and oxygen atoms in total. The van der Waals surface area contributed by atoms with Crippen LogP contribution in [-0.2, 0) is 10.0 Å². The Bertz CT molecular complexity index is 619. The normalized spacial score (nSPS) is 21.7. The standard InChI is InChI=1S/C16H25FN2O2S/c1-12-6-7-15(17)16(9-12)22(20,21)18-10-14(3)19-8-4-5-13(2)11-19/h6-7,9,13-14,18H,4-5,8,10-11H2,1-3H3. The molecule has 0 radical (unpaired) electrons. The minimum Gasteiger partial charge on any atom is -0.299 e.